The van der Waals surface area contributed by atoms with Crippen LogP contribution < -0.4 is 11.5 Å². The van der Waals surface area contributed by atoms with E-state index in [1.807, 2.05) is 6.92 Å². The summed E-state index contributed by atoms with van der Waals surface area (Å²) >= 11 is 0. The molecule has 0 atom stereocenters. The van der Waals surface area contributed by atoms with Crippen molar-refractivity contribution in [2.45, 2.75) is 13.3 Å². The average Bonchev–Trinajstić information content (AvgIpc) is 1.95. The predicted octanol–water partition coefficient (Wildman–Crippen LogP) is -0.886. The summed E-state index contributed by atoms with van der Waals surface area (Å²) in [7, 11) is -3.68. The smallest absolute Gasteiger partial charge is 0.347 e. The van der Waals surface area contributed by atoms with Gasteiger partial charge < -0.3 is 11.5 Å². The molecule has 1 heterocycles. The molecule has 4 N–H and O–H groups in total. The first-order valence-corrected chi connectivity index (χ1v) is 5.22. The highest BCUT2D eigenvalue weighted by atomic mass is 32.2. The average molecular weight is 204 g/mol. The van der Waals surface area contributed by atoms with Crippen molar-refractivity contribution in [2.24, 2.45) is 15.9 Å². The summed E-state index contributed by atoms with van der Waals surface area (Å²) in [5, 5.41) is 0. The Balaban J connectivity index is 3.06. The van der Waals surface area contributed by atoms with Crippen LogP contribution in [-0.4, -0.2) is 25.1 Å². The van der Waals surface area contributed by atoms with Crippen LogP contribution in [0, 0.1) is 0 Å². The van der Waals surface area contributed by atoms with Crippen molar-refractivity contribution in [3.63, 3.8) is 0 Å². The number of nitrogens with zero attached hydrogens (tertiary/aromatic N) is 2. The summed E-state index contributed by atoms with van der Waals surface area (Å²) in [4.78, 5) is 0. The third-order valence-corrected chi connectivity index (χ3v) is 2.90. The molecule has 0 spiro atoms. The Morgan fingerprint density at radius 2 is 2.15 bits per heavy atom. The van der Waals surface area contributed by atoms with E-state index < -0.39 is 10.2 Å². The van der Waals surface area contributed by atoms with E-state index in [4.69, 9.17) is 11.5 Å². The van der Waals surface area contributed by atoms with Crippen LogP contribution in [0.2, 0.25) is 0 Å². The van der Waals surface area contributed by atoms with Gasteiger partial charge in [0.15, 0.2) is 0 Å². The lowest BCUT2D eigenvalue weighted by Crippen LogP contribution is -2.38. The van der Waals surface area contributed by atoms with Crippen LogP contribution in [0.4, 0.5) is 0 Å². The van der Waals surface area contributed by atoms with E-state index in [0.717, 1.165) is 4.31 Å². The van der Waals surface area contributed by atoms with E-state index in [2.05, 4.69) is 4.40 Å². The lowest BCUT2D eigenvalue weighted by molar-refractivity contribution is 0.469. The molecule has 0 bridgehead atoms. The molecule has 0 aromatic heterocycles. The summed E-state index contributed by atoms with van der Waals surface area (Å²) in [6.07, 6.45) is 2.00. The summed E-state index contributed by atoms with van der Waals surface area (Å²) in [6, 6.07) is 0. The van der Waals surface area contributed by atoms with Crippen LogP contribution in [-0.2, 0) is 10.2 Å². The Bertz CT molecular complexity index is 357. The molecule has 0 aliphatic carbocycles. The molecule has 0 unspecified atom stereocenters. The van der Waals surface area contributed by atoms with E-state index in [1.54, 1.807) is 0 Å². The molecular formula is C6H12N4O2S. The minimum absolute atomic E-state index is 0.0788. The number of hydrogen-bond acceptors (Lipinski definition) is 4. The second kappa shape index (κ2) is 3.25. The van der Waals surface area contributed by atoms with Crippen LogP contribution in [0.1, 0.15) is 13.3 Å². The number of hydrogen-bond donors (Lipinski definition) is 2. The van der Waals surface area contributed by atoms with Gasteiger partial charge in [-0.3, -0.25) is 0 Å². The lowest BCUT2D eigenvalue weighted by Gasteiger charge is -2.23. The molecule has 74 valence electrons. The molecule has 1 aliphatic rings. The van der Waals surface area contributed by atoms with Crippen LogP contribution >= 0.6 is 0 Å². The summed E-state index contributed by atoms with van der Waals surface area (Å²) in [5.74, 6) is 0.0409. The van der Waals surface area contributed by atoms with E-state index in [1.165, 1.54) is 6.08 Å². The van der Waals surface area contributed by atoms with Gasteiger partial charge in [0.25, 0.3) is 0 Å². The zero-order valence-corrected chi connectivity index (χ0v) is 8.08. The van der Waals surface area contributed by atoms with Gasteiger partial charge in [0.2, 0.25) is 0 Å². The van der Waals surface area contributed by atoms with Crippen LogP contribution in [0.5, 0.6) is 0 Å². The Kier molecular flexibility index (Phi) is 2.46. The van der Waals surface area contributed by atoms with Crippen molar-refractivity contribution in [2.75, 3.05) is 6.54 Å². The Morgan fingerprint density at radius 3 is 2.62 bits per heavy atom. The Labute approximate surface area is 77.1 Å². The summed E-state index contributed by atoms with van der Waals surface area (Å²) in [6.45, 7) is 2.17. The van der Waals surface area contributed by atoms with E-state index >= 15 is 0 Å². The molecule has 0 aromatic carbocycles. The van der Waals surface area contributed by atoms with Gasteiger partial charge in [-0.05, 0) is 6.42 Å². The second-order valence-electron chi connectivity index (χ2n) is 2.64. The predicted molar refractivity (Wildman–Crippen MR) is 49.8 cm³/mol. The van der Waals surface area contributed by atoms with Gasteiger partial charge >= 0.3 is 10.2 Å². The van der Waals surface area contributed by atoms with Gasteiger partial charge in [0.05, 0.1) is 0 Å². The van der Waals surface area contributed by atoms with Crippen molar-refractivity contribution in [3.8, 4) is 0 Å². The lowest BCUT2D eigenvalue weighted by atomic mass is 10.4. The van der Waals surface area contributed by atoms with E-state index in [-0.39, 0.29) is 11.7 Å². The molecule has 0 radical (unpaired) electrons. The molecule has 0 saturated heterocycles. The third kappa shape index (κ3) is 1.92. The maximum atomic E-state index is 11.3. The van der Waals surface area contributed by atoms with Gasteiger partial charge in [-0.25, -0.2) is 4.31 Å². The van der Waals surface area contributed by atoms with E-state index in [0.29, 0.717) is 13.0 Å². The Morgan fingerprint density at radius 1 is 1.54 bits per heavy atom. The first kappa shape index (κ1) is 9.85. The third-order valence-electron chi connectivity index (χ3n) is 1.51. The monoisotopic (exact) mass is 204 g/mol. The molecular weight excluding hydrogens is 192 g/mol. The molecule has 13 heavy (non-hydrogen) atoms. The minimum atomic E-state index is -3.68. The van der Waals surface area contributed by atoms with Crippen molar-refractivity contribution in [1.82, 2.24) is 4.31 Å². The highest BCUT2D eigenvalue weighted by Crippen LogP contribution is 2.13. The fraction of sp³-hybridized carbons (Fsp3) is 0.500. The van der Waals surface area contributed by atoms with Gasteiger partial charge in [0.1, 0.15) is 11.7 Å². The maximum absolute atomic E-state index is 11.3. The molecule has 6 nitrogen and oxygen atoms in total. The van der Waals surface area contributed by atoms with Gasteiger partial charge in [-0.2, -0.15) is 8.42 Å². The zero-order valence-electron chi connectivity index (χ0n) is 7.27. The zero-order chi connectivity index (χ0) is 10.1. The fourth-order valence-electron chi connectivity index (χ4n) is 1.01. The van der Waals surface area contributed by atoms with Gasteiger partial charge in [0, 0.05) is 12.6 Å². The highest BCUT2D eigenvalue weighted by Gasteiger charge is 2.25. The first-order valence-electron chi connectivity index (χ1n) is 3.82. The molecule has 0 saturated carbocycles. The van der Waals surface area contributed by atoms with Crippen molar-refractivity contribution in [1.29, 1.82) is 0 Å². The maximum Gasteiger partial charge on any atom is 0.347 e. The van der Waals surface area contributed by atoms with Crippen molar-refractivity contribution < 1.29 is 8.42 Å². The quantitative estimate of drug-likeness (QED) is 0.609. The molecule has 0 aromatic rings. The van der Waals surface area contributed by atoms with Crippen LogP contribution in [0.15, 0.2) is 16.3 Å². The Hall–Kier alpha value is -1.24. The molecule has 7 heteroatoms. The van der Waals surface area contributed by atoms with Crippen molar-refractivity contribution >= 4 is 16.0 Å². The van der Waals surface area contributed by atoms with Crippen LogP contribution in [0.3, 0.4) is 0 Å². The topological polar surface area (TPSA) is 102 Å². The normalized spacial score (nSPS) is 20.8. The molecule has 1 aliphatic heterocycles. The second-order valence-corrected chi connectivity index (χ2v) is 4.15. The molecule has 0 fully saturated rings. The highest BCUT2D eigenvalue weighted by molar-refractivity contribution is 7.88. The number of rotatable bonds is 2. The largest absolute Gasteiger partial charge is 0.384 e. The molecule has 1 rings (SSSR count). The first-order chi connectivity index (χ1) is 5.97. The summed E-state index contributed by atoms with van der Waals surface area (Å²) in [5.41, 5.74) is 10.7. The van der Waals surface area contributed by atoms with Gasteiger partial charge in [-0.15, -0.1) is 4.40 Å². The van der Waals surface area contributed by atoms with Gasteiger partial charge in [-0.1, -0.05) is 6.92 Å². The number of nitrogens with two attached hydrogens (primary N) is 2. The van der Waals surface area contributed by atoms with Crippen LogP contribution in [0.25, 0.3) is 0 Å². The van der Waals surface area contributed by atoms with Crippen molar-refractivity contribution in [3.05, 3.63) is 11.9 Å². The molecule has 0 amide bonds. The number of amidine groups is 1. The standard InChI is InChI=1S/C6H12N4O2S/c1-2-3-10-6(8)4-5(7)9-13(10,11)12/h4H,2-3,8H2,1H3,(H2,7,9). The summed E-state index contributed by atoms with van der Waals surface area (Å²) < 4.78 is 27.0. The SMILES string of the molecule is CCCN1C(N)=CC(N)=NS1(=O)=O. The van der Waals surface area contributed by atoms with E-state index in [9.17, 15) is 8.42 Å². The minimum Gasteiger partial charge on any atom is -0.384 e. The fourth-order valence-corrected chi connectivity index (χ4v) is 2.16.